The summed E-state index contributed by atoms with van der Waals surface area (Å²) in [5, 5.41) is 0. The highest BCUT2D eigenvalue weighted by Gasteiger charge is 2.21. The number of benzene rings is 1. The summed E-state index contributed by atoms with van der Waals surface area (Å²) in [6.45, 7) is 3.30. The highest BCUT2D eigenvalue weighted by Crippen LogP contribution is 2.36. The molecule has 0 aliphatic carbocycles. The van der Waals surface area contributed by atoms with E-state index in [-0.39, 0.29) is 12.1 Å². The maximum atomic E-state index is 11.2. The second-order valence-electron chi connectivity index (χ2n) is 4.16. The van der Waals surface area contributed by atoms with Gasteiger partial charge in [0.15, 0.2) is 0 Å². The molecule has 1 aliphatic rings. The van der Waals surface area contributed by atoms with Crippen LogP contribution in [-0.2, 0) is 14.3 Å². The lowest BCUT2D eigenvalue weighted by Gasteiger charge is -2.21. The van der Waals surface area contributed by atoms with Crippen molar-refractivity contribution in [2.75, 3.05) is 7.11 Å². The molecule has 1 aliphatic heterocycles. The van der Waals surface area contributed by atoms with E-state index in [0.29, 0.717) is 11.5 Å². The Hall–Kier alpha value is -2.23. The summed E-state index contributed by atoms with van der Waals surface area (Å²) in [6.07, 6.45) is 4.82. The van der Waals surface area contributed by atoms with Crippen LogP contribution in [0.3, 0.4) is 0 Å². The second-order valence-corrected chi connectivity index (χ2v) is 4.16. The minimum absolute atomic E-state index is 0.152. The van der Waals surface area contributed by atoms with Crippen molar-refractivity contribution in [3.8, 4) is 5.75 Å². The summed E-state index contributed by atoms with van der Waals surface area (Å²) in [6, 6.07) is 5.64. The van der Waals surface area contributed by atoms with Gasteiger partial charge in [0.25, 0.3) is 0 Å². The van der Waals surface area contributed by atoms with Gasteiger partial charge in [-0.3, -0.25) is 4.79 Å². The molecule has 0 amide bonds. The molecule has 0 spiro atoms. The summed E-state index contributed by atoms with van der Waals surface area (Å²) in [5.74, 6) is 0.743. The maximum Gasteiger partial charge on any atom is 0.308 e. The number of methoxy groups -OCH3 is 1. The third-order valence-corrected chi connectivity index (χ3v) is 2.83. The second kappa shape index (κ2) is 5.61. The average molecular weight is 260 g/mol. The molecule has 2 rings (SSSR count). The van der Waals surface area contributed by atoms with E-state index in [0.717, 1.165) is 11.1 Å². The molecule has 0 aromatic heterocycles. The fourth-order valence-corrected chi connectivity index (χ4v) is 2.01. The molecule has 19 heavy (non-hydrogen) atoms. The number of hydrogen-bond donors (Lipinski definition) is 0. The van der Waals surface area contributed by atoms with Crippen LogP contribution in [0, 0.1) is 0 Å². The Balaban J connectivity index is 2.61. The number of hydrogen-bond acceptors (Lipinski definition) is 4. The van der Waals surface area contributed by atoms with Gasteiger partial charge < -0.3 is 14.2 Å². The van der Waals surface area contributed by atoms with Gasteiger partial charge in [-0.15, -0.1) is 0 Å². The van der Waals surface area contributed by atoms with Crippen LogP contribution in [0.15, 0.2) is 36.6 Å². The number of ether oxygens (including phenoxy) is 3. The molecule has 4 heteroatoms. The monoisotopic (exact) mass is 260 g/mol. The molecule has 4 nitrogen and oxygen atoms in total. The van der Waals surface area contributed by atoms with Gasteiger partial charge in [-0.1, -0.05) is 12.1 Å². The Morgan fingerprint density at radius 1 is 1.37 bits per heavy atom. The lowest BCUT2D eigenvalue weighted by atomic mass is 9.99. The van der Waals surface area contributed by atoms with Crippen molar-refractivity contribution in [1.29, 1.82) is 0 Å². The summed E-state index contributed by atoms with van der Waals surface area (Å²) >= 11 is 0. The highest BCUT2D eigenvalue weighted by molar-refractivity contribution is 5.80. The first-order valence-corrected chi connectivity index (χ1v) is 6.01. The van der Waals surface area contributed by atoms with Crippen molar-refractivity contribution in [2.45, 2.75) is 20.0 Å². The first-order valence-electron chi connectivity index (χ1n) is 6.01. The van der Waals surface area contributed by atoms with E-state index in [1.165, 1.54) is 6.92 Å². The van der Waals surface area contributed by atoms with Crippen LogP contribution in [0.2, 0.25) is 0 Å². The molecule has 0 bridgehead atoms. The number of fused-ring (bicyclic) bond motifs is 1. The van der Waals surface area contributed by atoms with E-state index in [1.807, 2.05) is 25.1 Å². The molecule has 100 valence electrons. The van der Waals surface area contributed by atoms with E-state index in [9.17, 15) is 4.79 Å². The van der Waals surface area contributed by atoms with Gasteiger partial charge in [-0.2, -0.15) is 0 Å². The lowest BCUT2D eigenvalue weighted by molar-refractivity contribution is -0.134. The zero-order valence-corrected chi connectivity index (χ0v) is 11.2. The predicted octanol–water partition coefficient (Wildman–Crippen LogP) is 3.20. The van der Waals surface area contributed by atoms with Gasteiger partial charge in [0.05, 0.1) is 18.9 Å². The normalized spacial score (nSPS) is 21.8. The fourth-order valence-electron chi connectivity index (χ4n) is 2.01. The van der Waals surface area contributed by atoms with Crippen LogP contribution in [0.5, 0.6) is 5.75 Å². The summed E-state index contributed by atoms with van der Waals surface area (Å²) < 4.78 is 16.2. The smallest absolute Gasteiger partial charge is 0.308 e. The first kappa shape index (κ1) is 13.2. The van der Waals surface area contributed by atoms with Crippen molar-refractivity contribution in [3.63, 3.8) is 0 Å². The van der Waals surface area contributed by atoms with E-state index in [4.69, 9.17) is 14.2 Å². The number of carbonyl (C=O) groups excluding carboxylic acids is 1. The highest BCUT2D eigenvalue weighted by atomic mass is 16.5. The molecule has 1 aromatic rings. The van der Waals surface area contributed by atoms with Crippen molar-refractivity contribution in [3.05, 3.63) is 47.7 Å². The van der Waals surface area contributed by atoms with Crippen LogP contribution in [-0.4, -0.2) is 13.1 Å². The largest absolute Gasteiger partial charge is 0.496 e. The third-order valence-electron chi connectivity index (χ3n) is 2.83. The van der Waals surface area contributed by atoms with E-state index < -0.39 is 0 Å². The van der Waals surface area contributed by atoms with Gasteiger partial charge in [0.1, 0.15) is 17.6 Å². The van der Waals surface area contributed by atoms with Crippen LogP contribution in [0.4, 0.5) is 0 Å². The SMILES string of the molecule is COc1cccc2c1/C(OC(C)=O)=C\C=C/OC2C. The number of allylic oxidation sites excluding steroid dienone is 2. The topological polar surface area (TPSA) is 44.8 Å². The molecule has 1 atom stereocenters. The maximum absolute atomic E-state index is 11.2. The molecule has 1 aromatic carbocycles. The van der Waals surface area contributed by atoms with Gasteiger partial charge in [0.2, 0.25) is 0 Å². The molecule has 0 fully saturated rings. The molecular formula is C15H16O4. The van der Waals surface area contributed by atoms with E-state index in [2.05, 4.69) is 0 Å². The summed E-state index contributed by atoms with van der Waals surface area (Å²) in [5.41, 5.74) is 1.66. The number of rotatable bonds is 2. The van der Waals surface area contributed by atoms with Crippen LogP contribution in [0.25, 0.3) is 5.76 Å². The van der Waals surface area contributed by atoms with Crippen molar-refractivity contribution in [1.82, 2.24) is 0 Å². The van der Waals surface area contributed by atoms with Crippen LogP contribution >= 0.6 is 0 Å². The molecular weight excluding hydrogens is 244 g/mol. The Morgan fingerprint density at radius 2 is 2.16 bits per heavy atom. The third kappa shape index (κ3) is 2.78. The van der Waals surface area contributed by atoms with Gasteiger partial charge >= 0.3 is 5.97 Å². The summed E-state index contributed by atoms with van der Waals surface area (Å²) in [7, 11) is 1.58. The minimum atomic E-state index is -0.370. The lowest BCUT2D eigenvalue weighted by Crippen LogP contribution is -2.08. The zero-order valence-electron chi connectivity index (χ0n) is 11.2. The molecule has 0 N–H and O–H groups in total. The quantitative estimate of drug-likeness (QED) is 0.766. The van der Waals surface area contributed by atoms with Gasteiger partial charge in [-0.25, -0.2) is 0 Å². The van der Waals surface area contributed by atoms with Crippen LogP contribution < -0.4 is 4.74 Å². The first-order chi connectivity index (χ1) is 9.13. The van der Waals surface area contributed by atoms with Crippen molar-refractivity contribution < 1.29 is 19.0 Å². The Labute approximate surface area is 112 Å². The number of carbonyl (C=O) groups is 1. The number of esters is 1. The molecule has 0 saturated heterocycles. The molecule has 0 radical (unpaired) electrons. The van der Waals surface area contributed by atoms with Gasteiger partial charge in [0, 0.05) is 12.5 Å². The van der Waals surface area contributed by atoms with Crippen molar-refractivity contribution >= 4 is 11.7 Å². The van der Waals surface area contributed by atoms with Crippen molar-refractivity contribution in [2.24, 2.45) is 0 Å². The zero-order chi connectivity index (χ0) is 13.8. The van der Waals surface area contributed by atoms with E-state index >= 15 is 0 Å². The predicted molar refractivity (Wildman–Crippen MR) is 71.4 cm³/mol. The van der Waals surface area contributed by atoms with E-state index in [1.54, 1.807) is 25.5 Å². The summed E-state index contributed by atoms with van der Waals surface area (Å²) in [4.78, 5) is 11.2. The minimum Gasteiger partial charge on any atom is -0.496 e. The Bertz CT molecular complexity index is 543. The standard InChI is InChI=1S/C15H16O4/c1-10-12-6-4-7-13(17-3)15(12)14(19-11(2)16)8-5-9-18-10/h4-10H,1-3H3/b9-5-,14-8+. The molecule has 0 saturated carbocycles. The molecule has 1 heterocycles. The molecule has 1 unspecified atom stereocenters. The Kier molecular flexibility index (Phi) is 3.90. The average Bonchev–Trinajstić information content (AvgIpc) is 2.39. The fraction of sp³-hybridized carbons (Fsp3) is 0.267. The Morgan fingerprint density at radius 3 is 2.84 bits per heavy atom. The van der Waals surface area contributed by atoms with Crippen LogP contribution in [0.1, 0.15) is 31.1 Å². The van der Waals surface area contributed by atoms with Gasteiger partial charge in [-0.05, 0) is 25.1 Å².